The molecule has 2 aromatic heterocycles. The van der Waals surface area contributed by atoms with E-state index in [-0.39, 0.29) is 0 Å². The Morgan fingerprint density at radius 2 is 0.818 bits per heavy atom. The predicted octanol–water partition coefficient (Wildman–Crippen LogP) is 12.4. The molecule has 44 heavy (non-hydrogen) atoms. The van der Waals surface area contributed by atoms with Crippen LogP contribution in [-0.2, 0) is 0 Å². The fourth-order valence-corrected chi connectivity index (χ4v) is 7.89. The van der Waals surface area contributed by atoms with E-state index >= 15 is 0 Å². The van der Waals surface area contributed by atoms with Crippen molar-refractivity contribution in [3.63, 3.8) is 0 Å². The third-order valence-corrected chi connectivity index (χ3v) is 9.79. The first-order valence-corrected chi connectivity index (χ1v) is 15.1. The van der Waals surface area contributed by atoms with Crippen LogP contribution in [0.1, 0.15) is 0 Å². The van der Waals surface area contributed by atoms with Gasteiger partial charge in [-0.15, -0.1) is 0 Å². The van der Waals surface area contributed by atoms with Crippen molar-refractivity contribution in [3.8, 4) is 11.1 Å². The first kappa shape index (κ1) is 22.7. The first-order valence-electron chi connectivity index (χ1n) is 15.1. The molecule has 11 aromatic rings. The second kappa shape index (κ2) is 7.94. The van der Waals surface area contributed by atoms with Crippen molar-refractivity contribution in [3.05, 3.63) is 133 Å². The van der Waals surface area contributed by atoms with Crippen LogP contribution in [0.3, 0.4) is 0 Å². The monoisotopic (exact) mass is 558 g/mol. The Bertz CT molecular complexity index is 2960. The Hall–Kier alpha value is -5.86. The van der Waals surface area contributed by atoms with Gasteiger partial charge in [-0.3, -0.25) is 0 Å². The summed E-state index contributed by atoms with van der Waals surface area (Å²) in [4.78, 5) is 0. The maximum absolute atomic E-state index is 6.71. The van der Waals surface area contributed by atoms with Crippen LogP contribution in [0.15, 0.2) is 142 Å². The van der Waals surface area contributed by atoms with E-state index in [0.29, 0.717) is 0 Å². The zero-order chi connectivity index (χ0) is 28.5. The molecule has 2 nitrogen and oxygen atoms in total. The second-order valence-electron chi connectivity index (χ2n) is 12.0. The van der Waals surface area contributed by atoms with Crippen LogP contribution in [0.2, 0.25) is 0 Å². The van der Waals surface area contributed by atoms with Crippen LogP contribution in [0.5, 0.6) is 0 Å². The van der Waals surface area contributed by atoms with Gasteiger partial charge >= 0.3 is 0 Å². The molecule has 0 aliphatic rings. The highest BCUT2D eigenvalue weighted by Crippen LogP contribution is 2.48. The van der Waals surface area contributed by atoms with Gasteiger partial charge in [-0.05, 0) is 89.9 Å². The topological polar surface area (TPSA) is 26.3 Å². The van der Waals surface area contributed by atoms with Crippen molar-refractivity contribution in [2.24, 2.45) is 0 Å². The highest BCUT2D eigenvalue weighted by atomic mass is 16.3. The summed E-state index contributed by atoms with van der Waals surface area (Å²) in [5.41, 5.74) is 5.99. The Morgan fingerprint density at radius 3 is 1.55 bits per heavy atom. The summed E-state index contributed by atoms with van der Waals surface area (Å²) in [5, 5.41) is 17.0. The van der Waals surface area contributed by atoms with Gasteiger partial charge in [0.25, 0.3) is 0 Å². The second-order valence-corrected chi connectivity index (χ2v) is 12.0. The van der Waals surface area contributed by atoms with Gasteiger partial charge in [0.05, 0.1) is 0 Å². The van der Waals surface area contributed by atoms with Crippen LogP contribution in [-0.4, -0.2) is 0 Å². The maximum Gasteiger partial charge on any atom is 0.144 e. The molecule has 11 rings (SSSR count). The number of benzene rings is 9. The van der Waals surface area contributed by atoms with Crippen LogP contribution in [0.4, 0.5) is 0 Å². The quantitative estimate of drug-likeness (QED) is 0.187. The third kappa shape index (κ3) is 2.76. The Labute approximate surface area is 250 Å². The fraction of sp³-hybridized carbons (Fsp3) is 0. The average molecular weight is 559 g/mol. The van der Waals surface area contributed by atoms with E-state index in [4.69, 9.17) is 8.83 Å². The summed E-state index contributed by atoms with van der Waals surface area (Å²) in [5.74, 6) is 0. The molecule has 2 heterocycles. The van der Waals surface area contributed by atoms with E-state index < -0.39 is 0 Å². The van der Waals surface area contributed by atoms with Crippen LogP contribution in [0, 0.1) is 0 Å². The fourth-order valence-electron chi connectivity index (χ4n) is 7.89. The molecule has 0 aliphatic heterocycles. The average Bonchev–Trinajstić information content (AvgIpc) is 3.65. The van der Waals surface area contributed by atoms with Crippen LogP contribution in [0.25, 0.3) is 109 Å². The van der Waals surface area contributed by atoms with E-state index in [1.54, 1.807) is 0 Å². The lowest BCUT2D eigenvalue weighted by Gasteiger charge is -2.12. The van der Waals surface area contributed by atoms with Crippen molar-refractivity contribution in [2.45, 2.75) is 0 Å². The minimum atomic E-state index is 0.887. The maximum atomic E-state index is 6.71. The summed E-state index contributed by atoms with van der Waals surface area (Å²) < 4.78 is 13.2. The molecule has 2 heteroatoms. The summed E-state index contributed by atoms with van der Waals surface area (Å²) in [6.45, 7) is 0. The third-order valence-electron chi connectivity index (χ3n) is 9.79. The Kier molecular flexibility index (Phi) is 4.10. The highest BCUT2D eigenvalue weighted by Gasteiger charge is 2.22. The molecule has 0 spiro atoms. The lowest BCUT2D eigenvalue weighted by molar-refractivity contribution is 0.666. The summed E-state index contributed by atoms with van der Waals surface area (Å²) >= 11 is 0. The van der Waals surface area contributed by atoms with E-state index in [1.165, 1.54) is 65.0 Å². The largest absolute Gasteiger partial charge is 0.456 e. The molecule has 0 radical (unpaired) electrons. The molecule has 0 aliphatic carbocycles. The van der Waals surface area contributed by atoms with Crippen molar-refractivity contribution >= 4 is 97.7 Å². The number of rotatable bonds is 1. The Morgan fingerprint density at radius 1 is 0.273 bits per heavy atom. The van der Waals surface area contributed by atoms with Crippen molar-refractivity contribution in [2.75, 3.05) is 0 Å². The number of furan rings is 2. The predicted molar refractivity (Wildman–Crippen MR) is 185 cm³/mol. The first-order chi connectivity index (χ1) is 21.8. The SMILES string of the molecule is c1ccc2c(c1)c1ccccc1c1cc(-c3ccc4oc5c(cc6oc7cccc8c9ccccc9c5c6c78)c4c3)ccc21. The smallest absolute Gasteiger partial charge is 0.144 e. The van der Waals surface area contributed by atoms with Gasteiger partial charge in [0.1, 0.15) is 22.3 Å². The normalized spacial score (nSPS) is 12.5. The molecule has 202 valence electrons. The number of hydrogen-bond donors (Lipinski definition) is 0. The van der Waals surface area contributed by atoms with Crippen molar-refractivity contribution < 1.29 is 8.83 Å². The summed E-state index contributed by atoms with van der Waals surface area (Å²) in [6, 6.07) is 48.1. The molecule has 0 saturated heterocycles. The van der Waals surface area contributed by atoms with E-state index in [9.17, 15) is 0 Å². The van der Waals surface area contributed by atoms with Gasteiger partial charge in [-0.2, -0.15) is 0 Å². The molecule has 0 saturated carbocycles. The van der Waals surface area contributed by atoms with Gasteiger partial charge in [-0.1, -0.05) is 103 Å². The number of hydrogen-bond acceptors (Lipinski definition) is 2. The van der Waals surface area contributed by atoms with Gasteiger partial charge in [0.2, 0.25) is 0 Å². The molecular formula is C42H22O2. The van der Waals surface area contributed by atoms with Crippen LogP contribution < -0.4 is 0 Å². The zero-order valence-electron chi connectivity index (χ0n) is 23.5. The molecule has 0 N–H and O–H groups in total. The molecule has 0 bridgehead atoms. The van der Waals surface area contributed by atoms with E-state index in [0.717, 1.165) is 43.9 Å². The summed E-state index contributed by atoms with van der Waals surface area (Å²) in [7, 11) is 0. The van der Waals surface area contributed by atoms with Gasteiger partial charge in [-0.25, -0.2) is 0 Å². The highest BCUT2D eigenvalue weighted by molar-refractivity contribution is 6.38. The van der Waals surface area contributed by atoms with Crippen LogP contribution >= 0.6 is 0 Å². The lowest BCUT2D eigenvalue weighted by atomic mass is 9.91. The molecule has 0 fully saturated rings. The van der Waals surface area contributed by atoms with E-state index in [1.807, 2.05) is 0 Å². The standard InChI is InChI=1S/C42H22O2/c1-2-10-27-25(8-1)26-9-3-4-11-28(26)33-20-23(16-18-30(27)33)24-17-19-36-34(21-24)35-22-38-41-39-31(14-7-15-37(39)43-38)29-12-5-6-13-32(29)40(41)42(35)44-36/h1-22H. The lowest BCUT2D eigenvalue weighted by Crippen LogP contribution is -1.85. The van der Waals surface area contributed by atoms with Crippen molar-refractivity contribution in [1.82, 2.24) is 0 Å². The molecular weight excluding hydrogens is 536 g/mol. The summed E-state index contributed by atoms with van der Waals surface area (Å²) in [6.07, 6.45) is 0. The van der Waals surface area contributed by atoms with Crippen molar-refractivity contribution in [1.29, 1.82) is 0 Å². The van der Waals surface area contributed by atoms with Gasteiger partial charge in [0, 0.05) is 26.9 Å². The molecule has 9 aromatic carbocycles. The Balaban J connectivity index is 1.22. The minimum absolute atomic E-state index is 0.887. The van der Waals surface area contributed by atoms with Gasteiger partial charge in [0.15, 0.2) is 0 Å². The molecule has 0 amide bonds. The minimum Gasteiger partial charge on any atom is -0.456 e. The number of fused-ring (bicyclic) bond motifs is 13. The molecule has 0 atom stereocenters. The zero-order valence-corrected chi connectivity index (χ0v) is 23.5. The van der Waals surface area contributed by atoms with E-state index in [2.05, 4.69) is 133 Å². The van der Waals surface area contributed by atoms with Gasteiger partial charge < -0.3 is 8.83 Å². The molecule has 0 unspecified atom stereocenters.